The van der Waals surface area contributed by atoms with Crippen LogP contribution in [0, 0.1) is 0 Å². The highest BCUT2D eigenvalue weighted by Crippen LogP contribution is 2.29. The van der Waals surface area contributed by atoms with E-state index in [1.807, 2.05) is 20.8 Å². The lowest BCUT2D eigenvalue weighted by Gasteiger charge is -2.41. The van der Waals surface area contributed by atoms with Crippen molar-refractivity contribution in [3.63, 3.8) is 0 Å². The number of hydrogen-bond donors (Lipinski definition) is 4. The van der Waals surface area contributed by atoms with Crippen molar-refractivity contribution >= 4 is 18.0 Å². The lowest BCUT2D eigenvalue weighted by atomic mass is 9.80. The van der Waals surface area contributed by atoms with Crippen LogP contribution in [-0.4, -0.2) is 67.9 Å². The Morgan fingerprint density at radius 2 is 1.61 bits per heavy atom. The first kappa shape index (κ1) is 27.4. The van der Waals surface area contributed by atoms with E-state index in [0.717, 1.165) is 32.2 Å². The summed E-state index contributed by atoms with van der Waals surface area (Å²) in [5.41, 5.74) is -0.501. The maximum absolute atomic E-state index is 11.8. The zero-order chi connectivity index (χ0) is 24.4. The predicted octanol–water partition coefficient (Wildman–Crippen LogP) is 2.39. The van der Waals surface area contributed by atoms with Gasteiger partial charge in [-0.2, -0.15) is 0 Å². The summed E-state index contributed by atoms with van der Waals surface area (Å²) in [4.78, 5) is 34.0. The van der Waals surface area contributed by atoms with Crippen molar-refractivity contribution in [1.82, 2.24) is 21.3 Å². The van der Waals surface area contributed by atoms with Crippen LogP contribution in [0.25, 0.3) is 0 Å². The molecule has 4 N–H and O–H groups in total. The van der Waals surface area contributed by atoms with Crippen molar-refractivity contribution in [2.24, 2.45) is 0 Å². The number of ether oxygens (including phenoxy) is 2. The highest BCUT2D eigenvalue weighted by Gasteiger charge is 2.35. The molecule has 33 heavy (non-hydrogen) atoms. The van der Waals surface area contributed by atoms with Gasteiger partial charge in [0.2, 0.25) is 5.91 Å². The molecule has 2 saturated carbocycles. The van der Waals surface area contributed by atoms with Gasteiger partial charge in [-0.1, -0.05) is 38.5 Å². The van der Waals surface area contributed by atoms with Gasteiger partial charge >= 0.3 is 12.1 Å². The molecule has 1 saturated heterocycles. The first-order chi connectivity index (χ1) is 15.6. The average molecular weight is 469 g/mol. The molecular formula is C24H44N4O5. The Hall–Kier alpha value is -1.87. The molecule has 0 aromatic heterocycles. The van der Waals surface area contributed by atoms with Crippen LogP contribution in [0.2, 0.25) is 0 Å². The fourth-order valence-corrected chi connectivity index (χ4v) is 4.77. The molecule has 0 radical (unpaired) electrons. The molecule has 9 heteroatoms. The van der Waals surface area contributed by atoms with Gasteiger partial charge in [0.05, 0.1) is 20.2 Å². The lowest BCUT2D eigenvalue weighted by molar-refractivity contribution is -0.140. The van der Waals surface area contributed by atoms with Gasteiger partial charge in [-0.3, -0.25) is 14.9 Å². The number of carbonyl (C=O) groups is 3. The van der Waals surface area contributed by atoms with E-state index in [4.69, 9.17) is 4.74 Å². The van der Waals surface area contributed by atoms with Gasteiger partial charge in [0.25, 0.3) is 0 Å². The zero-order valence-corrected chi connectivity index (χ0v) is 20.9. The summed E-state index contributed by atoms with van der Waals surface area (Å²) in [7, 11) is 1.37. The third kappa shape index (κ3) is 9.88. The van der Waals surface area contributed by atoms with Crippen LogP contribution in [0.3, 0.4) is 0 Å². The van der Waals surface area contributed by atoms with Crippen LogP contribution in [0.1, 0.15) is 85.0 Å². The molecule has 1 heterocycles. The van der Waals surface area contributed by atoms with E-state index in [-0.39, 0.29) is 29.5 Å². The molecule has 0 bridgehead atoms. The Morgan fingerprint density at radius 1 is 1.00 bits per heavy atom. The number of methoxy groups -OCH3 is 1. The Bertz CT molecular complexity index is 638. The number of hydrogen-bond acceptors (Lipinski definition) is 7. The number of alkyl carbamates (subject to hydrolysis) is 1. The summed E-state index contributed by atoms with van der Waals surface area (Å²) < 4.78 is 9.92. The Morgan fingerprint density at radius 3 is 2.12 bits per heavy atom. The molecule has 1 spiro atoms. The van der Waals surface area contributed by atoms with Crippen LogP contribution < -0.4 is 21.3 Å². The normalized spacial score (nSPS) is 21.8. The predicted molar refractivity (Wildman–Crippen MR) is 127 cm³/mol. The van der Waals surface area contributed by atoms with Crippen molar-refractivity contribution in [2.75, 3.05) is 33.3 Å². The Labute approximate surface area is 198 Å². The molecule has 0 unspecified atom stereocenters. The van der Waals surface area contributed by atoms with Gasteiger partial charge in [-0.05, 0) is 46.5 Å². The SMILES string of the molecule is COC(=O)CNC1(CNC(=O)OC(C)(C)C)CCCCC1.O=C1CNC2(CCCCC2)CN1. The third-order valence-corrected chi connectivity index (χ3v) is 6.67. The summed E-state index contributed by atoms with van der Waals surface area (Å²) >= 11 is 0. The van der Waals surface area contributed by atoms with Crippen molar-refractivity contribution in [2.45, 2.75) is 102 Å². The van der Waals surface area contributed by atoms with E-state index in [0.29, 0.717) is 13.1 Å². The molecule has 3 aliphatic rings. The van der Waals surface area contributed by atoms with Gasteiger partial charge in [-0.25, -0.2) is 4.79 Å². The smallest absolute Gasteiger partial charge is 0.407 e. The number of carbonyl (C=O) groups excluding carboxylic acids is 3. The van der Waals surface area contributed by atoms with Gasteiger partial charge in [0.1, 0.15) is 5.60 Å². The van der Waals surface area contributed by atoms with Crippen molar-refractivity contribution in [1.29, 1.82) is 0 Å². The van der Waals surface area contributed by atoms with Crippen molar-refractivity contribution in [3.8, 4) is 0 Å². The molecule has 3 rings (SSSR count). The van der Waals surface area contributed by atoms with Crippen LogP contribution in [0.5, 0.6) is 0 Å². The van der Waals surface area contributed by atoms with Gasteiger partial charge in [0, 0.05) is 24.2 Å². The van der Waals surface area contributed by atoms with E-state index in [9.17, 15) is 14.4 Å². The van der Waals surface area contributed by atoms with E-state index >= 15 is 0 Å². The quantitative estimate of drug-likeness (QED) is 0.458. The standard InChI is InChI=1S/C15H28N2O4.C9H16N2O/c1-14(2,3)21-13(19)16-11-15(8-6-5-7-9-15)17-10-12(18)20-4;12-8-6-11-9(7-10-8)4-2-1-3-5-9/h17H,5-11H2,1-4H3,(H,16,19);11H,1-7H2,(H,10,12). The maximum Gasteiger partial charge on any atom is 0.407 e. The highest BCUT2D eigenvalue weighted by molar-refractivity contribution is 5.79. The van der Waals surface area contributed by atoms with Crippen LogP contribution >= 0.6 is 0 Å². The van der Waals surface area contributed by atoms with Gasteiger partial charge in [-0.15, -0.1) is 0 Å². The second kappa shape index (κ2) is 12.6. The second-order valence-corrected chi connectivity index (χ2v) is 10.6. The van der Waals surface area contributed by atoms with Crippen molar-refractivity contribution in [3.05, 3.63) is 0 Å². The Balaban J connectivity index is 0.000000268. The van der Waals surface area contributed by atoms with E-state index in [1.54, 1.807) is 0 Å². The molecule has 0 aromatic rings. The number of rotatable bonds is 5. The first-order valence-corrected chi connectivity index (χ1v) is 12.4. The molecule has 0 atom stereocenters. The minimum absolute atomic E-state index is 0.145. The molecule has 2 amide bonds. The number of nitrogens with one attached hydrogen (secondary N) is 4. The summed E-state index contributed by atoms with van der Waals surface area (Å²) in [5, 5.41) is 12.4. The topological polar surface area (TPSA) is 118 Å². The van der Waals surface area contributed by atoms with E-state index < -0.39 is 11.7 Å². The summed E-state index contributed by atoms with van der Waals surface area (Å²) in [6, 6.07) is 0. The van der Waals surface area contributed by atoms with Gasteiger partial charge < -0.3 is 25.4 Å². The fourth-order valence-electron chi connectivity index (χ4n) is 4.77. The van der Waals surface area contributed by atoms with E-state index in [1.165, 1.54) is 45.6 Å². The molecule has 0 aromatic carbocycles. The largest absolute Gasteiger partial charge is 0.468 e. The lowest BCUT2D eigenvalue weighted by Crippen LogP contribution is -2.61. The van der Waals surface area contributed by atoms with E-state index in [2.05, 4.69) is 26.0 Å². The number of amides is 2. The summed E-state index contributed by atoms with van der Waals surface area (Å²) in [6.07, 6.45) is 11.2. The molecule has 9 nitrogen and oxygen atoms in total. The fraction of sp³-hybridized carbons (Fsp3) is 0.875. The number of esters is 1. The monoisotopic (exact) mass is 468 g/mol. The van der Waals surface area contributed by atoms with Crippen LogP contribution in [-0.2, 0) is 19.1 Å². The first-order valence-electron chi connectivity index (χ1n) is 12.4. The molecule has 2 aliphatic carbocycles. The molecule has 190 valence electrons. The number of piperazine rings is 1. The summed E-state index contributed by atoms with van der Waals surface area (Å²) in [5.74, 6) is -0.150. The average Bonchev–Trinajstić information content (AvgIpc) is 2.79. The minimum atomic E-state index is -0.511. The molecular weight excluding hydrogens is 424 g/mol. The van der Waals surface area contributed by atoms with Crippen LogP contribution in [0.15, 0.2) is 0 Å². The maximum atomic E-state index is 11.8. The minimum Gasteiger partial charge on any atom is -0.468 e. The molecule has 1 aliphatic heterocycles. The van der Waals surface area contributed by atoms with Gasteiger partial charge in [0.15, 0.2) is 0 Å². The highest BCUT2D eigenvalue weighted by atomic mass is 16.6. The summed E-state index contributed by atoms with van der Waals surface area (Å²) in [6.45, 7) is 7.46. The molecule has 3 fully saturated rings. The Kier molecular flexibility index (Phi) is 10.4. The van der Waals surface area contributed by atoms with Crippen molar-refractivity contribution < 1.29 is 23.9 Å². The zero-order valence-electron chi connectivity index (χ0n) is 20.9. The third-order valence-electron chi connectivity index (χ3n) is 6.67. The second-order valence-electron chi connectivity index (χ2n) is 10.6. The van der Waals surface area contributed by atoms with Crippen LogP contribution in [0.4, 0.5) is 4.79 Å².